The summed E-state index contributed by atoms with van der Waals surface area (Å²) in [6.45, 7) is 0. The van der Waals surface area contributed by atoms with Crippen LogP contribution in [0, 0.1) is 12.3 Å². The summed E-state index contributed by atoms with van der Waals surface area (Å²) in [4.78, 5) is 10.9. The number of hydrogen-bond acceptors (Lipinski definition) is 1. The van der Waals surface area contributed by atoms with Gasteiger partial charge in [-0.25, -0.2) is 0 Å². The van der Waals surface area contributed by atoms with Crippen LogP contribution < -0.4 is 0 Å². The molecule has 1 unspecified atom stereocenters. The van der Waals surface area contributed by atoms with Crippen molar-refractivity contribution in [2.24, 2.45) is 0 Å². The van der Waals surface area contributed by atoms with Crippen LogP contribution >= 0.6 is 0 Å². The predicted octanol–water partition coefficient (Wildman–Crippen LogP) is 2.27. The Kier molecular flexibility index (Phi) is 3.75. The second-order valence-electron chi connectivity index (χ2n) is 3.04. The first-order chi connectivity index (χ1) is 6.75. The molecular weight excluding hydrogens is 176 g/mol. The quantitative estimate of drug-likeness (QED) is 0.736. The number of carboxylic acid groups (broad SMARTS) is 1. The molecule has 1 aromatic rings. The van der Waals surface area contributed by atoms with Crippen LogP contribution in [-0.4, -0.2) is 11.1 Å². The molecule has 72 valence electrons. The molecule has 0 saturated carbocycles. The maximum atomic E-state index is 10.9. The largest absolute Gasteiger partial charge is 0.481 e. The Morgan fingerprint density at radius 1 is 1.43 bits per heavy atom. The molecule has 0 aromatic heterocycles. The van der Waals surface area contributed by atoms with Crippen molar-refractivity contribution in [2.45, 2.75) is 18.8 Å². The maximum absolute atomic E-state index is 10.9. The standard InChI is InChI=1S/C12H12O2/c1-2-3-9-11(12(13)14)10-7-5-4-6-8-10/h1,4-8,11H,3,9H2,(H,13,14). The predicted molar refractivity (Wildman–Crippen MR) is 54.9 cm³/mol. The van der Waals surface area contributed by atoms with Gasteiger partial charge in [0, 0.05) is 6.42 Å². The Balaban J connectivity index is 2.79. The summed E-state index contributed by atoms with van der Waals surface area (Å²) in [5, 5.41) is 8.98. The summed E-state index contributed by atoms with van der Waals surface area (Å²) in [7, 11) is 0. The number of benzene rings is 1. The molecule has 0 aliphatic carbocycles. The Labute approximate surface area is 83.6 Å². The van der Waals surface area contributed by atoms with E-state index in [0.717, 1.165) is 5.56 Å². The normalized spacial score (nSPS) is 11.6. The minimum Gasteiger partial charge on any atom is -0.481 e. The maximum Gasteiger partial charge on any atom is 0.311 e. The molecule has 2 nitrogen and oxygen atoms in total. The van der Waals surface area contributed by atoms with E-state index in [0.29, 0.717) is 12.8 Å². The van der Waals surface area contributed by atoms with Gasteiger partial charge in [0.1, 0.15) is 0 Å². The molecule has 0 radical (unpaired) electrons. The van der Waals surface area contributed by atoms with E-state index in [1.807, 2.05) is 30.3 Å². The zero-order valence-corrected chi connectivity index (χ0v) is 7.81. The number of carboxylic acids is 1. The van der Waals surface area contributed by atoms with Crippen LogP contribution in [0.3, 0.4) is 0 Å². The van der Waals surface area contributed by atoms with Gasteiger partial charge in [-0.1, -0.05) is 30.3 Å². The molecule has 0 aliphatic rings. The third-order valence-electron chi connectivity index (χ3n) is 2.08. The van der Waals surface area contributed by atoms with Crippen molar-refractivity contribution >= 4 is 5.97 Å². The molecule has 2 heteroatoms. The van der Waals surface area contributed by atoms with Crippen molar-refractivity contribution in [3.05, 3.63) is 35.9 Å². The molecule has 1 atom stereocenters. The molecule has 1 rings (SSSR count). The van der Waals surface area contributed by atoms with Crippen LogP contribution in [0.25, 0.3) is 0 Å². The molecule has 1 N–H and O–H groups in total. The van der Waals surface area contributed by atoms with Gasteiger partial charge in [-0.05, 0) is 12.0 Å². The van der Waals surface area contributed by atoms with E-state index in [9.17, 15) is 4.79 Å². The fraction of sp³-hybridized carbons (Fsp3) is 0.250. The highest BCUT2D eigenvalue weighted by molar-refractivity contribution is 5.76. The smallest absolute Gasteiger partial charge is 0.311 e. The van der Waals surface area contributed by atoms with E-state index in [2.05, 4.69) is 5.92 Å². The Morgan fingerprint density at radius 2 is 2.07 bits per heavy atom. The van der Waals surface area contributed by atoms with Crippen molar-refractivity contribution in [2.75, 3.05) is 0 Å². The molecule has 0 amide bonds. The van der Waals surface area contributed by atoms with Crippen molar-refractivity contribution in [3.8, 4) is 12.3 Å². The van der Waals surface area contributed by atoms with Crippen molar-refractivity contribution in [3.63, 3.8) is 0 Å². The van der Waals surface area contributed by atoms with Gasteiger partial charge in [-0.15, -0.1) is 12.3 Å². The molecule has 14 heavy (non-hydrogen) atoms. The second-order valence-corrected chi connectivity index (χ2v) is 3.04. The number of carbonyl (C=O) groups is 1. The SMILES string of the molecule is C#CCCC(C(=O)O)c1ccccc1. The lowest BCUT2D eigenvalue weighted by Crippen LogP contribution is -2.11. The van der Waals surface area contributed by atoms with Crippen molar-refractivity contribution in [1.29, 1.82) is 0 Å². The van der Waals surface area contributed by atoms with Gasteiger partial charge in [-0.2, -0.15) is 0 Å². The number of aliphatic carboxylic acids is 1. The monoisotopic (exact) mass is 188 g/mol. The molecule has 0 spiro atoms. The Bertz CT molecular complexity index is 335. The number of rotatable bonds is 4. The van der Waals surface area contributed by atoms with Crippen LogP contribution in [0.5, 0.6) is 0 Å². The van der Waals surface area contributed by atoms with Crippen LogP contribution in [0.2, 0.25) is 0 Å². The molecule has 0 aliphatic heterocycles. The summed E-state index contributed by atoms with van der Waals surface area (Å²) in [6, 6.07) is 9.16. The fourth-order valence-electron chi connectivity index (χ4n) is 1.35. The van der Waals surface area contributed by atoms with Gasteiger partial charge in [0.25, 0.3) is 0 Å². The Hall–Kier alpha value is -1.75. The first-order valence-corrected chi connectivity index (χ1v) is 4.47. The number of terminal acetylenes is 1. The molecule has 0 saturated heterocycles. The first kappa shape index (κ1) is 10.3. The molecule has 1 aromatic carbocycles. The average molecular weight is 188 g/mol. The van der Waals surface area contributed by atoms with E-state index in [1.54, 1.807) is 0 Å². The number of hydrogen-bond donors (Lipinski definition) is 1. The van der Waals surface area contributed by atoms with E-state index in [4.69, 9.17) is 11.5 Å². The summed E-state index contributed by atoms with van der Waals surface area (Å²) >= 11 is 0. The highest BCUT2D eigenvalue weighted by Gasteiger charge is 2.18. The van der Waals surface area contributed by atoms with E-state index < -0.39 is 11.9 Å². The van der Waals surface area contributed by atoms with Gasteiger partial charge in [0.2, 0.25) is 0 Å². The van der Waals surface area contributed by atoms with E-state index in [-0.39, 0.29) is 0 Å². The zero-order valence-electron chi connectivity index (χ0n) is 7.81. The van der Waals surface area contributed by atoms with Crippen LogP contribution in [0.15, 0.2) is 30.3 Å². The summed E-state index contributed by atoms with van der Waals surface area (Å²) in [5.41, 5.74) is 0.815. The first-order valence-electron chi connectivity index (χ1n) is 4.47. The third-order valence-corrected chi connectivity index (χ3v) is 2.08. The van der Waals surface area contributed by atoms with E-state index >= 15 is 0 Å². The van der Waals surface area contributed by atoms with Crippen molar-refractivity contribution in [1.82, 2.24) is 0 Å². The minimum absolute atomic E-state index is 0.479. The van der Waals surface area contributed by atoms with Gasteiger partial charge < -0.3 is 5.11 Å². The van der Waals surface area contributed by atoms with Crippen LogP contribution in [0.4, 0.5) is 0 Å². The molecule has 0 fully saturated rings. The molecule has 0 heterocycles. The highest BCUT2D eigenvalue weighted by Crippen LogP contribution is 2.20. The molecule has 0 bridgehead atoms. The van der Waals surface area contributed by atoms with Crippen LogP contribution in [-0.2, 0) is 4.79 Å². The summed E-state index contributed by atoms with van der Waals surface area (Å²) in [5.74, 6) is 1.17. The van der Waals surface area contributed by atoms with Gasteiger partial charge in [0.05, 0.1) is 5.92 Å². The lowest BCUT2D eigenvalue weighted by molar-refractivity contribution is -0.138. The lowest BCUT2D eigenvalue weighted by atomic mass is 9.95. The zero-order chi connectivity index (χ0) is 10.4. The van der Waals surface area contributed by atoms with Gasteiger partial charge in [0.15, 0.2) is 0 Å². The third kappa shape index (κ3) is 2.63. The summed E-state index contributed by atoms with van der Waals surface area (Å²) < 4.78 is 0. The molecular formula is C12H12O2. The van der Waals surface area contributed by atoms with Crippen LogP contribution in [0.1, 0.15) is 24.3 Å². The average Bonchev–Trinajstić information content (AvgIpc) is 2.19. The topological polar surface area (TPSA) is 37.3 Å². The van der Waals surface area contributed by atoms with Gasteiger partial charge in [-0.3, -0.25) is 4.79 Å². The summed E-state index contributed by atoms with van der Waals surface area (Å²) in [6.07, 6.45) is 6.10. The van der Waals surface area contributed by atoms with Crippen molar-refractivity contribution < 1.29 is 9.90 Å². The highest BCUT2D eigenvalue weighted by atomic mass is 16.4. The van der Waals surface area contributed by atoms with E-state index in [1.165, 1.54) is 0 Å². The van der Waals surface area contributed by atoms with Gasteiger partial charge >= 0.3 is 5.97 Å². The second kappa shape index (κ2) is 5.08. The lowest BCUT2D eigenvalue weighted by Gasteiger charge is -2.10. The Morgan fingerprint density at radius 3 is 2.57 bits per heavy atom. The minimum atomic E-state index is -0.813. The fourth-order valence-corrected chi connectivity index (χ4v) is 1.35.